The third-order valence-electron chi connectivity index (χ3n) is 8.26. The minimum atomic E-state index is -0.532. The number of amides is 1. The quantitative estimate of drug-likeness (QED) is 0.236. The summed E-state index contributed by atoms with van der Waals surface area (Å²) in [6.45, 7) is 7.52. The first kappa shape index (κ1) is 27.9. The maximum atomic E-state index is 15.4. The number of nitrogens with zero attached hydrogens (tertiary/aromatic N) is 7. The lowest BCUT2D eigenvalue weighted by Crippen LogP contribution is -2.48. The molecule has 44 heavy (non-hydrogen) atoms. The summed E-state index contributed by atoms with van der Waals surface area (Å²) in [4.78, 5) is 32.8. The molecule has 0 saturated carbocycles. The number of piperidine rings is 1. The monoisotopic (exact) mass is 596 g/mol. The predicted octanol–water partition coefficient (Wildman–Crippen LogP) is 6.70. The van der Waals surface area contributed by atoms with Gasteiger partial charge in [0, 0.05) is 42.0 Å². The van der Waals surface area contributed by atoms with Crippen molar-refractivity contribution in [3.05, 3.63) is 72.3 Å². The average Bonchev–Trinajstić information content (AvgIpc) is 3.55. The van der Waals surface area contributed by atoms with Crippen molar-refractivity contribution < 1.29 is 18.7 Å². The Hall–Kier alpha value is -4.87. The smallest absolute Gasteiger partial charge is 0.410 e. The normalized spacial score (nSPS) is 19.8. The van der Waals surface area contributed by atoms with Crippen molar-refractivity contribution in [3.63, 3.8) is 0 Å². The Morgan fingerprint density at radius 1 is 1.02 bits per heavy atom. The molecule has 2 aliphatic rings. The highest BCUT2D eigenvalue weighted by molar-refractivity contribution is 5.87. The molecule has 12 heteroatoms. The molecule has 4 aromatic heterocycles. The van der Waals surface area contributed by atoms with Gasteiger partial charge in [0.2, 0.25) is 0 Å². The van der Waals surface area contributed by atoms with Crippen LogP contribution in [0.15, 0.2) is 55.2 Å². The molecule has 2 fully saturated rings. The van der Waals surface area contributed by atoms with Gasteiger partial charge >= 0.3 is 6.09 Å². The first-order valence-corrected chi connectivity index (χ1v) is 14.8. The van der Waals surface area contributed by atoms with Crippen LogP contribution in [0.2, 0.25) is 0 Å². The summed E-state index contributed by atoms with van der Waals surface area (Å²) < 4.78 is 28.7. The molecule has 11 nitrogen and oxygen atoms in total. The van der Waals surface area contributed by atoms with E-state index in [1.165, 1.54) is 18.7 Å². The third kappa shape index (κ3) is 5.36. The molecule has 2 bridgehead atoms. The maximum absolute atomic E-state index is 15.4. The standard InChI is InChI=1S/C32H33FN8O3/c1-18-11-26(23(33)15-27(18)43-22-9-10-40-28(14-22)35-17-37-40)39-30-29-25(34-16-36-30)8-7-24(38-29)19-12-20-5-6-21(13-19)41(20)31(42)44-32(2,3)4/h7-11,14-17,19-21H,5-6,12-13H2,1-4H3,(H,34,36,39)/t19?,20-,21+. The highest BCUT2D eigenvalue weighted by Gasteiger charge is 2.45. The topological polar surface area (TPSA) is 120 Å². The number of aryl methyl sites for hydroxylation is 1. The number of hydrogen-bond donors (Lipinski definition) is 1. The van der Waals surface area contributed by atoms with E-state index in [1.807, 2.05) is 44.7 Å². The highest BCUT2D eigenvalue weighted by Crippen LogP contribution is 2.43. The Balaban J connectivity index is 1.12. The van der Waals surface area contributed by atoms with Gasteiger partial charge in [-0.25, -0.2) is 33.6 Å². The summed E-state index contributed by atoms with van der Waals surface area (Å²) in [5, 5.41) is 7.22. The Labute approximate surface area is 253 Å². The molecule has 0 radical (unpaired) electrons. The molecular formula is C32H33FN8O3. The van der Waals surface area contributed by atoms with Crippen molar-refractivity contribution in [3.8, 4) is 11.5 Å². The lowest BCUT2D eigenvalue weighted by molar-refractivity contribution is 0.00570. The van der Waals surface area contributed by atoms with Gasteiger partial charge in [0.05, 0.1) is 11.2 Å². The Morgan fingerprint density at radius 2 is 1.82 bits per heavy atom. The van der Waals surface area contributed by atoms with Crippen LogP contribution < -0.4 is 10.1 Å². The second kappa shape index (κ2) is 10.7. The molecule has 6 heterocycles. The third-order valence-corrected chi connectivity index (χ3v) is 8.26. The molecule has 2 aliphatic heterocycles. The van der Waals surface area contributed by atoms with Gasteiger partial charge in [0.25, 0.3) is 0 Å². The summed E-state index contributed by atoms with van der Waals surface area (Å²) in [6, 6.07) is 10.7. The predicted molar refractivity (Wildman–Crippen MR) is 162 cm³/mol. The van der Waals surface area contributed by atoms with Gasteiger partial charge in [0.15, 0.2) is 11.5 Å². The zero-order valence-corrected chi connectivity index (χ0v) is 25.0. The Kier molecular flexibility index (Phi) is 6.79. The van der Waals surface area contributed by atoms with Crippen molar-refractivity contribution in [2.45, 2.75) is 77.0 Å². The fourth-order valence-corrected chi connectivity index (χ4v) is 6.29. The van der Waals surface area contributed by atoms with Gasteiger partial charge in [-0.2, -0.15) is 5.10 Å². The number of ether oxygens (including phenoxy) is 2. The van der Waals surface area contributed by atoms with Gasteiger partial charge in [0.1, 0.15) is 41.1 Å². The van der Waals surface area contributed by atoms with E-state index in [4.69, 9.17) is 14.5 Å². The molecule has 226 valence electrons. The fourth-order valence-electron chi connectivity index (χ4n) is 6.29. The van der Waals surface area contributed by atoms with Crippen LogP contribution in [-0.4, -0.2) is 58.2 Å². The van der Waals surface area contributed by atoms with Crippen LogP contribution in [0.1, 0.15) is 63.6 Å². The molecule has 1 N–H and O–H groups in total. The number of carbonyl (C=O) groups excluding carboxylic acids is 1. The van der Waals surface area contributed by atoms with Gasteiger partial charge in [-0.15, -0.1) is 0 Å². The lowest BCUT2D eigenvalue weighted by atomic mass is 9.88. The number of aromatic nitrogens is 6. The number of carbonyl (C=O) groups is 1. The molecule has 1 amide bonds. The van der Waals surface area contributed by atoms with E-state index >= 15 is 4.39 Å². The molecule has 1 aromatic carbocycles. The number of hydrogen-bond acceptors (Lipinski definition) is 9. The molecule has 1 unspecified atom stereocenters. The molecule has 3 atom stereocenters. The first-order chi connectivity index (χ1) is 21.1. The number of halogens is 1. The van der Waals surface area contributed by atoms with Crippen LogP contribution in [0.5, 0.6) is 11.5 Å². The van der Waals surface area contributed by atoms with Crippen LogP contribution >= 0.6 is 0 Å². The number of pyridine rings is 2. The van der Waals surface area contributed by atoms with Gasteiger partial charge in [-0.3, -0.25) is 0 Å². The highest BCUT2D eigenvalue weighted by atomic mass is 19.1. The van der Waals surface area contributed by atoms with Crippen LogP contribution in [0.25, 0.3) is 16.7 Å². The summed E-state index contributed by atoms with van der Waals surface area (Å²) >= 11 is 0. The van der Waals surface area contributed by atoms with Crippen molar-refractivity contribution >= 4 is 34.3 Å². The number of benzene rings is 1. The maximum Gasteiger partial charge on any atom is 0.410 e. The van der Waals surface area contributed by atoms with Crippen LogP contribution in [0, 0.1) is 12.7 Å². The van der Waals surface area contributed by atoms with Crippen LogP contribution in [0.3, 0.4) is 0 Å². The van der Waals surface area contributed by atoms with Crippen molar-refractivity contribution in [1.29, 1.82) is 0 Å². The van der Waals surface area contributed by atoms with Crippen molar-refractivity contribution in [1.82, 2.24) is 34.4 Å². The van der Waals surface area contributed by atoms with E-state index in [2.05, 4.69) is 25.4 Å². The fraction of sp³-hybridized carbons (Fsp3) is 0.375. The van der Waals surface area contributed by atoms with Gasteiger partial charge in [-0.05, 0) is 83.2 Å². The molecule has 5 aromatic rings. The van der Waals surface area contributed by atoms with E-state index in [-0.39, 0.29) is 29.8 Å². The number of fused-ring (bicyclic) bond motifs is 4. The molecule has 0 aliphatic carbocycles. The first-order valence-electron chi connectivity index (χ1n) is 14.8. The van der Waals surface area contributed by atoms with E-state index in [0.717, 1.165) is 36.9 Å². The second-order valence-corrected chi connectivity index (χ2v) is 12.5. The SMILES string of the molecule is Cc1cc(Nc2ncnc3ccc(C4C[C@H]5CC[C@@H](C4)N5C(=O)OC(C)(C)C)nc23)c(F)cc1Oc1ccn2ncnc2c1. The van der Waals surface area contributed by atoms with Gasteiger partial charge < -0.3 is 19.7 Å². The lowest BCUT2D eigenvalue weighted by Gasteiger charge is -2.39. The minimum Gasteiger partial charge on any atom is -0.457 e. The molecule has 0 spiro atoms. The summed E-state index contributed by atoms with van der Waals surface area (Å²) in [7, 11) is 0. The van der Waals surface area contributed by atoms with E-state index in [0.29, 0.717) is 34.0 Å². The summed E-state index contributed by atoms with van der Waals surface area (Å²) in [5.41, 5.74) is 3.21. The number of anilines is 2. The molecule has 2 saturated heterocycles. The Morgan fingerprint density at radius 3 is 2.59 bits per heavy atom. The number of rotatable bonds is 5. The molecular weight excluding hydrogens is 563 g/mol. The summed E-state index contributed by atoms with van der Waals surface area (Å²) in [5.74, 6) is 1.00. The summed E-state index contributed by atoms with van der Waals surface area (Å²) in [6.07, 6.45) is 7.92. The van der Waals surface area contributed by atoms with Crippen LogP contribution in [-0.2, 0) is 4.74 Å². The largest absolute Gasteiger partial charge is 0.457 e. The minimum absolute atomic E-state index is 0.117. The Bertz CT molecular complexity index is 1870. The van der Waals surface area contributed by atoms with E-state index in [1.54, 1.807) is 28.9 Å². The van der Waals surface area contributed by atoms with Crippen molar-refractivity contribution in [2.75, 3.05) is 5.32 Å². The average molecular weight is 597 g/mol. The van der Waals surface area contributed by atoms with E-state index < -0.39 is 11.4 Å². The second-order valence-electron chi connectivity index (χ2n) is 12.5. The number of nitrogens with one attached hydrogen (secondary N) is 1. The van der Waals surface area contributed by atoms with Crippen molar-refractivity contribution in [2.24, 2.45) is 0 Å². The van der Waals surface area contributed by atoms with E-state index in [9.17, 15) is 4.79 Å². The molecule has 7 rings (SSSR count). The zero-order valence-electron chi connectivity index (χ0n) is 25.0. The zero-order chi connectivity index (χ0) is 30.6. The van der Waals surface area contributed by atoms with Crippen LogP contribution in [0.4, 0.5) is 20.7 Å². The van der Waals surface area contributed by atoms with Gasteiger partial charge in [-0.1, -0.05) is 0 Å².